The minimum absolute atomic E-state index is 0.148. The first-order valence-corrected chi connectivity index (χ1v) is 10.7. The highest BCUT2D eigenvalue weighted by Gasteiger charge is 2.21. The largest absolute Gasteiger partial charge is 0.486 e. The van der Waals surface area contributed by atoms with Gasteiger partial charge in [0.2, 0.25) is 0 Å². The highest BCUT2D eigenvalue weighted by Crippen LogP contribution is 2.22. The molecule has 7 nitrogen and oxygen atoms in total. The van der Waals surface area contributed by atoms with Gasteiger partial charge in [0.05, 0.1) is 17.1 Å². The molecule has 4 aromatic rings. The summed E-state index contributed by atoms with van der Waals surface area (Å²) < 4.78 is 21.8. The van der Waals surface area contributed by atoms with Gasteiger partial charge in [-0.1, -0.05) is 18.2 Å². The van der Waals surface area contributed by atoms with Crippen molar-refractivity contribution in [2.24, 2.45) is 7.05 Å². The molecule has 9 heteroatoms. The summed E-state index contributed by atoms with van der Waals surface area (Å²) in [6.07, 6.45) is 0. The van der Waals surface area contributed by atoms with E-state index in [1.807, 2.05) is 30.3 Å². The van der Waals surface area contributed by atoms with Crippen LogP contribution in [0.25, 0.3) is 5.69 Å². The van der Waals surface area contributed by atoms with Crippen molar-refractivity contribution in [2.75, 3.05) is 5.32 Å². The second-order valence-electron chi connectivity index (χ2n) is 7.16. The van der Waals surface area contributed by atoms with Gasteiger partial charge in [-0.15, -0.1) is 11.3 Å². The molecule has 0 aliphatic heterocycles. The number of para-hydroxylation sites is 1. The number of hydrogen-bond donors (Lipinski definition) is 1. The number of aryl methyl sites for hydroxylation is 1. The van der Waals surface area contributed by atoms with Crippen molar-refractivity contribution in [1.29, 1.82) is 0 Å². The van der Waals surface area contributed by atoms with E-state index >= 15 is 0 Å². The van der Waals surface area contributed by atoms with E-state index in [4.69, 9.17) is 4.74 Å². The van der Waals surface area contributed by atoms with Gasteiger partial charge < -0.3 is 10.1 Å². The van der Waals surface area contributed by atoms with E-state index in [-0.39, 0.29) is 23.7 Å². The minimum atomic E-state index is -0.404. The second kappa shape index (κ2) is 8.80. The Kier molecular flexibility index (Phi) is 5.91. The molecular formula is C23H21FN4O3S. The van der Waals surface area contributed by atoms with Gasteiger partial charge in [0.15, 0.2) is 0 Å². The molecule has 0 fully saturated rings. The van der Waals surface area contributed by atoms with Crippen LogP contribution in [0, 0.1) is 19.7 Å². The normalized spacial score (nSPS) is 10.9. The lowest BCUT2D eigenvalue weighted by atomic mass is 10.3. The molecule has 0 saturated heterocycles. The molecule has 32 heavy (non-hydrogen) atoms. The van der Waals surface area contributed by atoms with Crippen molar-refractivity contribution in [2.45, 2.75) is 20.5 Å². The summed E-state index contributed by atoms with van der Waals surface area (Å²) >= 11 is 1.19. The van der Waals surface area contributed by atoms with Crippen LogP contribution in [-0.2, 0) is 13.7 Å². The monoisotopic (exact) mass is 452 g/mol. The van der Waals surface area contributed by atoms with Crippen LogP contribution in [-0.4, -0.2) is 20.3 Å². The maximum absolute atomic E-state index is 13.0. The zero-order valence-electron chi connectivity index (χ0n) is 17.8. The summed E-state index contributed by atoms with van der Waals surface area (Å²) in [7, 11) is 1.77. The van der Waals surface area contributed by atoms with Gasteiger partial charge >= 0.3 is 0 Å². The Morgan fingerprint density at radius 2 is 1.81 bits per heavy atom. The predicted octanol–water partition coefficient (Wildman–Crippen LogP) is 4.22. The van der Waals surface area contributed by atoms with Crippen LogP contribution in [0.4, 0.5) is 10.1 Å². The highest BCUT2D eigenvalue weighted by molar-refractivity contribution is 7.13. The van der Waals surface area contributed by atoms with Crippen molar-refractivity contribution < 1.29 is 13.9 Å². The standard InChI is InChI=1S/C23H21FN4O3S/c1-14-21(32-19(25-14)13-31-18-11-9-16(24)10-12-18)22(29)26-20-15(2)27(3)28(23(20)30)17-7-5-4-6-8-17/h4-12H,13H2,1-3H3,(H,26,29). The van der Waals surface area contributed by atoms with Crippen LogP contribution in [0.15, 0.2) is 59.4 Å². The molecule has 1 amide bonds. The number of nitrogens with zero attached hydrogens (tertiary/aromatic N) is 3. The van der Waals surface area contributed by atoms with Gasteiger partial charge in [-0.2, -0.15) is 0 Å². The van der Waals surface area contributed by atoms with Crippen LogP contribution < -0.4 is 15.6 Å². The number of ether oxygens (including phenoxy) is 1. The molecule has 0 aliphatic carbocycles. The SMILES string of the molecule is Cc1nc(COc2ccc(F)cc2)sc1C(=O)Nc1c(C)n(C)n(-c2ccccc2)c1=O. The molecule has 2 aromatic heterocycles. The number of hydrogen-bond acceptors (Lipinski definition) is 5. The highest BCUT2D eigenvalue weighted by atomic mass is 32.1. The zero-order valence-corrected chi connectivity index (χ0v) is 18.6. The van der Waals surface area contributed by atoms with Crippen molar-refractivity contribution in [1.82, 2.24) is 14.3 Å². The number of anilines is 1. The molecule has 1 N–H and O–H groups in total. The summed E-state index contributed by atoms with van der Waals surface area (Å²) in [5.74, 6) is -0.241. The maximum atomic E-state index is 13.0. The maximum Gasteiger partial charge on any atom is 0.295 e. The smallest absolute Gasteiger partial charge is 0.295 e. The number of carbonyl (C=O) groups is 1. The molecule has 0 bridgehead atoms. The quantitative estimate of drug-likeness (QED) is 0.475. The third-order valence-electron chi connectivity index (χ3n) is 5.02. The van der Waals surface area contributed by atoms with E-state index < -0.39 is 5.91 Å². The number of thiazole rings is 1. The van der Waals surface area contributed by atoms with E-state index in [0.717, 1.165) is 0 Å². The summed E-state index contributed by atoms with van der Waals surface area (Å²) in [5.41, 5.74) is 1.79. The summed E-state index contributed by atoms with van der Waals surface area (Å²) in [5, 5.41) is 3.36. The fraction of sp³-hybridized carbons (Fsp3) is 0.174. The average molecular weight is 453 g/mol. The Morgan fingerprint density at radius 3 is 2.50 bits per heavy atom. The molecule has 0 aliphatic rings. The molecule has 0 radical (unpaired) electrons. The second-order valence-corrected chi connectivity index (χ2v) is 8.24. The van der Waals surface area contributed by atoms with E-state index in [1.54, 1.807) is 25.6 Å². The number of benzene rings is 2. The van der Waals surface area contributed by atoms with Gasteiger partial charge in [-0.3, -0.25) is 14.3 Å². The Balaban J connectivity index is 1.53. The molecule has 2 aromatic carbocycles. The lowest BCUT2D eigenvalue weighted by molar-refractivity contribution is 0.102. The number of nitrogens with one attached hydrogen (secondary N) is 1. The van der Waals surface area contributed by atoms with E-state index in [2.05, 4.69) is 10.3 Å². The molecule has 0 atom stereocenters. The van der Waals surface area contributed by atoms with E-state index in [0.29, 0.717) is 32.7 Å². The number of amides is 1. The third kappa shape index (κ3) is 4.19. The Labute approximate surface area is 187 Å². The number of halogens is 1. The Bertz CT molecular complexity index is 1320. The molecule has 164 valence electrons. The van der Waals surface area contributed by atoms with Crippen molar-refractivity contribution >= 4 is 22.9 Å². The lowest BCUT2D eigenvalue weighted by Crippen LogP contribution is -2.22. The molecule has 4 rings (SSSR count). The van der Waals surface area contributed by atoms with E-state index in [1.165, 1.54) is 40.3 Å². The summed E-state index contributed by atoms with van der Waals surface area (Å²) in [6, 6.07) is 14.9. The molecule has 0 unspecified atom stereocenters. The van der Waals surface area contributed by atoms with Gasteiger partial charge in [-0.25, -0.2) is 14.1 Å². The van der Waals surface area contributed by atoms with E-state index in [9.17, 15) is 14.0 Å². The number of aromatic nitrogens is 3. The minimum Gasteiger partial charge on any atom is -0.486 e. The fourth-order valence-electron chi connectivity index (χ4n) is 3.28. The van der Waals surface area contributed by atoms with Crippen LogP contribution in [0.5, 0.6) is 5.75 Å². The van der Waals surface area contributed by atoms with Crippen LogP contribution in [0.1, 0.15) is 26.1 Å². The topological polar surface area (TPSA) is 78.2 Å². The van der Waals surface area contributed by atoms with Crippen molar-refractivity contribution in [3.05, 3.63) is 92.0 Å². The molecule has 0 spiro atoms. The van der Waals surface area contributed by atoms with Gasteiger partial charge in [0, 0.05) is 7.05 Å². The fourth-order valence-corrected chi connectivity index (χ4v) is 4.16. The average Bonchev–Trinajstić information content (AvgIpc) is 3.26. The Hall–Kier alpha value is -3.72. The first kappa shape index (κ1) is 21.5. The van der Waals surface area contributed by atoms with Gasteiger partial charge in [0.1, 0.15) is 33.7 Å². The third-order valence-corrected chi connectivity index (χ3v) is 6.15. The Morgan fingerprint density at radius 1 is 1.12 bits per heavy atom. The van der Waals surface area contributed by atoms with Crippen LogP contribution in [0.3, 0.4) is 0 Å². The van der Waals surface area contributed by atoms with Crippen LogP contribution in [0.2, 0.25) is 0 Å². The van der Waals surface area contributed by atoms with Crippen LogP contribution >= 0.6 is 11.3 Å². The molecular weight excluding hydrogens is 431 g/mol. The molecule has 2 heterocycles. The molecule has 0 saturated carbocycles. The number of carbonyl (C=O) groups excluding carboxylic acids is 1. The predicted molar refractivity (Wildman–Crippen MR) is 121 cm³/mol. The summed E-state index contributed by atoms with van der Waals surface area (Å²) in [4.78, 5) is 30.8. The summed E-state index contributed by atoms with van der Waals surface area (Å²) in [6.45, 7) is 3.65. The first-order valence-electron chi connectivity index (χ1n) is 9.85. The van der Waals surface area contributed by atoms with Crippen molar-refractivity contribution in [3.8, 4) is 11.4 Å². The van der Waals surface area contributed by atoms with Gasteiger partial charge in [-0.05, 0) is 50.2 Å². The lowest BCUT2D eigenvalue weighted by Gasteiger charge is -2.07. The first-order chi connectivity index (χ1) is 15.3. The van der Waals surface area contributed by atoms with Gasteiger partial charge in [0.25, 0.3) is 11.5 Å². The zero-order chi connectivity index (χ0) is 22.8. The van der Waals surface area contributed by atoms with Crippen molar-refractivity contribution in [3.63, 3.8) is 0 Å². The number of rotatable bonds is 6.